The monoisotopic (exact) mass is 402 g/mol. The number of hydrogen-bond donors (Lipinski definition) is 2. The molecular weight excluding hydrogens is 388 g/mol. The Morgan fingerprint density at radius 1 is 1.15 bits per heavy atom. The van der Waals surface area contributed by atoms with Gasteiger partial charge in [-0.3, -0.25) is 10.1 Å². The van der Waals surface area contributed by atoms with Gasteiger partial charge in [0, 0.05) is 11.8 Å². The van der Waals surface area contributed by atoms with E-state index in [2.05, 4.69) is 20.6 Å². The van der Waals surface area contributed by atoms with Gasteiger partial charge in [-0.15, -0.1) is 11.3 Å². The molecule has 3 amide bonds. The normalized spacial score (nSPS) is 12.6. The second-order valence-corrected chi connectivity index (χ2v) is 7.34. The predicted octanol–water partition coefficient (Wildman–Crippen LogP) is 2.90. The van der Waals surface area contributed by atoms with E-state index in [0.717, 1.165) is 15.2 Å². The maximum absolute atomic E-state index is 12.0. The number of carbonyl (C=O) groups is 2. The van der Waals surface area contributed by atoms with Crippen molar-refractivity contribution in [1.82, 2.24) is 15.3 Å². The fourth-order valence-corrected chi connectivity index (χ4v) is 4.20. The van der Waals surface area contributed by atoms with Crippen LogP contribution in [-0.2, 0) is 4.79 Å². The Morgan fingerprint density at radius 3 is 2.89 bits per heavy atom. The number of imide groups is 1. The van der Waals surface area contributed by atoms with E-state index in [-0.39, 0.29) is 5.75 Å². The Bertz CT molecular complexity index is 1010. The standard InChI is InChI=1S/C17H14N4O4S2/c22-14(8-27-16-15-11(3-6-26-15)18-9-19-16)21-17(23)20-10-1-2-12-13(7-10)25-5-4-24-12/h1-3,6-7,9H,4-5,8H2,(H2,20,21,22,23). The van der Waals surface area contributed by atoms with Gasteiger partial charge in [-0.05, 0) is 23.6 Å². The number of thioether (sulfide) groups is 1. The van der Waals surface area contributed by atoms with Crippen molar-refractivity contribution in [2.24, 2.45) is 0 Å². The summed E-state index contributed by atoms with van der Waals surface area (Å²) in [6.45, 7) is 0.954. The molecular formula is C17H14N4O4S2. The minimum atomic E-state index is -0.610. The van der Waals surface area contributed by atoms with Crippen LogP contribution in [0.3, 0.4) is 0 Å². The Hall–Kier alpha value is -2.85. The summed E-state index contributed by atoms with van der Waals surface area (Å²) in [7, 11) is 0. The lowest BCUT2D eigenvalue weighted by molar-refractivity contribution is -0.117. The number of hydrogen-bond acceptors (Lipinski definition) is 8. The molecule has 2 N–H and O–H groups in total. The van der Waals surface area contributed by atoms with Gasteiger partial charge in [0.15, 0.2) is 11.5 Å². The molecule has 1 aromatic carbocycles. The summed E-state index contributed by atoms with van der Waals surface area (Å²) in [4.78, 5) is 32.4. The fourth-order valence-electron chi connectivity index (χ4n) is 2.45. The molecule has 2 aromatic heterocycles. The lowest BCUT2D eigenvalue weighted by atomic mass is 10.2. The summed E-state index contributed by atoms with van der Waals surface area (Å²) in [5, 5.41) is 7.55. The number of thiophene rings is 1. The van der Waals surface area contributed by atoms with Crippen molar-refractivity contribution in [3.63, 3.8) is 0 Å². The Labute approximate surface area is 162 Å². The first-order chi connectivity index (χ1) is 13.2. The molecule has 0 atom stereocenters. The van der Waals surface area contributed by atoms with E-state index in [0.29, 0.717) is 30.4 Å². The number of ether oxygens (including phenoxy) is 2. The average molecular weight is 402 g/mol. The van der Waals surface area contributed by atoms with Gasteiger partial charge in [0.05, 0.1) is 16.0 Å². The highest BCUT2D eigenvalue weighted by atomic mass is 32.2. The van der Waals surface area contributed by atoms with Crippen molar-refractivity contribution in [2.75, 3.05) is 24.3 Å². The van der Waals surface area contributed by atoms with E-state index in [1.807, 2.05) is 11.4 Å². The molecule has 8 nitrogen and oxygen atoms in total. The second-order valence-electron chi connectivity index (χ2n) is 5.46. The third-order valence-electron chi connectivity index (χ3n) is 3.60. The highest BCUT2D eigenvalue weighted by Crippen LogP contribution is 2.32. The summed E-state index contributed by atoms with van der Waals surface area (Å²) in [5.41, 5.74) is 1.35. The smallest absolute Gasteiger partial charge is 0.325 e. The maximum atomic E-state index is 12.0. The molecule has 0 unspecified atom stereocenters. The second kappa shape index (κ2) is 7.80. The van der Waals surface area contributed by atoms with Crippen LogP contribution < -0.4 is 20.1 Å². The molecule has 138 valence electrons. The topological polar surface area (TPSA) is 102 Å². The molecule has 10 heteroatoms. The molecule has 0 radical (unpaired) electrons. The number of carbonyl (C=O) groups excluding carboxylic acids is 2. The molecule has 27 heavy (non-hydrogen) atoms. The number of aromatic nitrogens is 2. The molecule has 0 saturated heterocycles. The van der Waals surface area contributed by atoms with E-state index in [1.165, 1.54) is 29.4 Å². The van der Waals surface area contributed by atoms with Crippen molar-refractivity contribution in [1.29, 1.82) is 0 Å². The number of rotatable bonds is 4. The minimum Gasteiger partial charge on any atom is -0.486 e. The number of benzene rings is 1. The number of fused-ring (bicyclic) bond motifs is 2. The van der Waals surface area contributed by atoms with Crippen molar-refractivity contribution >= 4 is 50.9 Å². The molecule has 1 aliphatic rings. The lowest BCUT2D eigenvalue weighted by Crippen LogP contribution is -2.35. The van der Waals surface area contributed by atoms with Gasteiger partial charge >= 0.3 is 6.03 Å². The first kappa shape index (κ1) is 17.6. The van der Waals surface area contributed by atoms with Gasteiger partial charge in [0.1, 0.15) is 24.6 Å². The van der Waals surface area contributed by atoms with Gasteiger partial charge in [0.25, 0.3) is 0 Å². The van der Waals surface area contributed by atoms with Crippen LogP contribution in [-0.4, -0.2) is 40.9 Å². The van der Waals surface area contributed by atoms with Gasteiger partial charge in [-0.2, -0.15) is 0 Å². The predicted molar refractivity (Wildman–Crippen MR) is 103 cm³/mol. The molecule has 0 spiro atoms. The van der Waals surface area contributed by atoms with Crippen molar-refractivity contribution in [2.45, 2.75) is 5.03 Å². The molecule has 0 bridgehead atoms. The summed E-state index contributed by atoms with van der Waals surface area (Å²) >= 11 is 2.77. The fraction of sp³-hybridized carbons (Fsp3) is 0.176. The number of amides is 3. The minimum absolute atomic E-state index is 0.0680. The quantitative estimate of drug-likeness (QED) is 0.511. The highest BCUT2D eigenvalue weighted by Gasteiger charge is 2.14. The molecule has 0 saturated carbocycles. The van der Waals surface area contributed by atoms with Crippen LogP contribution in [0, 0.1) is 0 Å². The molecule has 3 heterocycles. The van der Waals surface area contributed by atoms with Gasteiger partial charge in [-0.25, -0.2) is 14.8 Å². The van der Waals surface area contributed by atoms with E-state index in [9.17, 15) is 9.59 Å². The summed E-state index contributed by atoms with van der Waals surface area (Å²) in [5.74, 6) is 0.839. The zero-order chi connectivity index (χ0) is 18.6. The summed E-state index contributed by atoms with van der Waals surface area (Å²) in [6, 6.07) is 6.33. The molecule has 3 aromatic rings. The van der Waals surface area contributed by atoms with Crippen molar-refractivity contribution < 1.29 is 19.1 Å². The van der Waals surface area contributed by atoms with E-state index < -0.39 is 11.9 Å². The molecule has 1 aliphatic heterocycles. The van der Waals surface area contributed by atoms with E-state index >= 15 is 0 Å². The van der Waals surface area contributed by atoms with Crippen LogP contribution >= 0.6 is 23.1 Å². The van der Waals surface area contributed by atoms with Gasteiger partial charge < -0.3 is 14.8 Å². The van der Waals surface area contributed by atoms with Crippen LogP contribution in [0.25, 0.3) is 10.2 Å². The lowest BCUT2D eigenvalue weighted by Gasteiger charge is -2.19. The number of anilines is 1. The Morgan fingerprint density at radius 2 is 2.00 bits per heavy atom. The molecule has 4 rings (SSSR count). The highest BCUT2D eigenvalue weighted by molar-refractivity contribution is 8.00. The van der Waals surface area contributed by atoms with Crippen LogP contribution in [0.1, 0.15) is 0 Å². The molecule has 0 fully saturated rings. The van der Waals surface area contributed by atoms with Crippen LogP contribution in [0.2, 0.25) is 0 Å². The first-order valence-corrected chi connectivity index (χ1v) is 9.87. The van der Waals surface area contributed by atoms with Gasteiger partial charge in [0.2, 0.25) is 5.91 Å². The first-order valence-electron chi connectivity index (χ1n) is 8.00. The maximum Gasteiger partial charge on any atom is 0.325 e. The number of nitrogens with zero attached hydrogens (tertiary/aromatic N) is 2. The van der Waals surface area contributed by atoms with E-state index in [1.54, 1.807) is 18.2 Å². The zero-order valence-corrected chi connectivity index (χ0v) is 15.6. The van der Waals surface area contributed by atoms with Crippen molar-refractivity contribution in [3.05, 3.63) is 36.0 Å². The number of nitrogens with one attached hydrogen (secondary N) is 2. The van der Waals surface area contributed by atoms with Crippen LogP contribution in [0.15, 0.2) is 41.0 Å². The molecule has 0 aliphatic carbocycles. The summed E-state index contributed by atoms with van der Waals surface area (Å²) < 4.78 is 11.8. The Kier molecular flexibility index (Phi) is 5.07. The third kappa shape index (κ3) is 4.12. The third-order valence-corrected chi connectivity index (χ3v) is 5.63. The van der Waals surface area contributed by atoms with Crippen LogP contribution in [0.4, 0.5) is 10.5 Å². The van der Waals surface area contributed by atoms with E-state index in [4.69, 9.17) is 9.47 Å². The largest absolute Gasteiger partial charge is 0.486 e. The zero-order valence-electron chi connectivity index (χ0n) is 13.9. The summed E-state index contributed by atoms with van der Waals surface area (Å²) in [6.07, 6.45) is 1.46. The van der Waals surface area contributed by atoms with Crippen molar-refractivity contribution in [3.8, 4) is 11.5 Å². The van der Waals surface area contributed by atoms with Gasteiger partial charge in [-0.1, -0.05) is 11.8 Å². The SMILES string of the molecule is O=C(CSc1ncnc2ccsc12)NC(=O)Nc1ccc2c(c1)OCCO2. The average Bonchev–Trinajstić information content (AvgIpc) is 3.15. The number of urea groups is 1. The van der Waals surface area contributed by atoms with Crippen LogP contribution in [0.5, 0.6) is 11.5 Å². The Balaban J connectivity index is 1.31.